The molecule has 1 unspecified atom stereocenters. The standard InChI is InChI=1S/C36H52N8O7/c1-35(2,3)51-34(49)38-14-10-24-11-15-41(16-12-24)27-8-6-26-23-28(9-7-25(26)22-27)44-17-13-29(40-33(44)48)39-32(47)43-20-18-42(19-21-43)30(45)36(4,5)50-31(37)46/h7,9,13,17,23-24,27H,6,8,10-12,14-16,18-22H2,1-5H3,(H2,37,46)(H,38,49)(H,39,40,47,48). The normalized spacial score (nSPS) is 18.8. The van der Waals surface area contributed by atoms with Gasteiger partial charge in [-0.1, -0.05) is 6.07 Å². The Balaban J connectivity index is 1.08. The number of benzene rings is 1. The van der Waals surface area contributed by atoms with E-state index in [9.17, 15) is 24.0 Å². The third-order valence-corrected chi connectivity index (χ3v) is 9.82. The third kappa shape index (κ3) is 9.99. The Bertz CT molecular complexity index is 1650. The highest BCUT2D eigenvalue weighted by Gasteiger charge is 2.37. The number of carbonyl (C=O) groups is 4. The summed E-state index contributed by atoms with van der Waals surface area (Å²) < 4.78 is 11.8. The maximum Gasteiger partial charge on any atom is 0.407 e. The van der Waals surface area contributed by atoms with Crippen molar-refractivity contribution in [2.75, 3.05) is 51.1 Å². The van der Waals surface area contributed by atoms with E-state index in [2.05, 4.69) is 32.7 Å². The van der Waals surface area contributed by atoms with Gasteiger partial charge in [-0.25, -0.2) is 19.2 Å². The lowest BCUT2D eigenvalue weighted by Gasteiger charge is -2.40. The van der Waals surface area contributed by atoms with Crippen LogP contribution < -0.4 is 22.1 Å². The Morgan fingerprint density at radius 3 is 2.24 bits per heavy atom. The number of alkyl carbamates (subject to hydrolysis) is 1. The molecule has 278 valence electrons. The fourth-order valence-corrected chi connectivity index (χ4v) is 7.13. The van der Waals surface area contributed by atoms with Crippen molar-refractivity contribution in [2.24, 2.45) is 11.7 Å². The van der Waals surface area contributed by atoms with Crippen LogP contribution in [0.4, 0.5) is 20.2 Å². The smallest absolute Gasteiger partial charge is 0.407 e. The number of aryl methyl sites for hydroxylation is 1. The zero-order valence-electron chi connectivity index (χ0n) is 30.4. The highest BCUT2D eigenvalue weighted by atomic mass is 16.6. The lowest BCUT2D eigenvalue weighted by molar-refractivity contribution is -0.149. The van der Waals surface area contributed by atoms with E-state index in [0.29, 0.717) is 18.5 Å². The van der Waals surface area contributed by atoms with Crippen molar-refractivity contribution in [3.8, 4) is 5.69 Å². The molecule has 51 heavy (non-hydrogen) atoms. The van der Waals surface area contributed by atoms with E-state index in [1.807, 2.05) is 26.8 Å². The molecule has 2 saturated heterocycles. The molecule has 1 atom stereocenters. The van der Waals surface area contributed by atoms with Gasteiger partial charge in [0.2, 0.25) is 0 Å². The lowest BCUT2D eigenvalue weighted by Crippen LogP contribution is -2.56. The van der Waals surface area contributed by atoms with E-state index in [1.54, 1.807) is 12.3 Å². The van der Waals surface area contributed by atoms with E-state index >= 15 is 0 Å². The highest BCUT2D eigenvalue weighted by Crippen LogP contribution is 2.30. The molecule has 1 aromatic carbocycles. The van der Waals surface area contributed by atoms with Gasteiger partial charge in [-0.3, -0.25) is 14.7 Å². The van der Waals surface area contributed by atoms with Crippen molar-refractivity contribution in [3.63, 3.8) is 0 Å². The van der Waals surface area contributed by atoms with Gasteiger partial charge in [0.05, 0.1) is 5.69 Å². The number of piperidine rings is 1. The number of likely N-dealkylation sites (tertiary alicyclic amines) is 1. The molecule has 15 nitrogen and oxygen atoms in total. The number of urea groups is 1. The van der Waals surface area contributed by atoms with E-state index < -0.39 is 34.9 Å². The first-order valence-electron chi connectivity index (χ1n) is 17.8. The minimum atomic E-state index is -1.41. The van der Waals surface area contributed by atoms with E-state index in [-0.39, 0.29) is 38.1 Å². The summed E-state index contributed by atoms with van der Waals surface area (Å²) in [5.74, 6) is 0.340. The number of hydrogen-bond acceptors (Lipinski definition) is 9. The molecule has 5 rings (SSSR count). The van der Waals surface area contributed by atoms with Gasteiger partial charge in [0.15, 0.2) is 5.60 Å². The number of aromatic nitrogens is 2. The van der Waals surface area contributed by atoms with E-state index in [1.165, 1.54) is 39.3 Å². The van der Waals surface area contributed by atoms with Crippen LogP contribution in [0.5, 0.6) is 0 Å². The van der Waals surface area contributed by atoms with Gasteiger partial charge in [-0.2, -0.15) is 4.98 Å². The Kier molecular flexibility index (Phi) is 11.6. The first-order chi connectivity index (χ1) is 24.1. The maximum absolute atomic E-state index is 13.1. The van der Waals surface area contributed by atoms with Gasteiger partial charge in [0.1, 0.15) is 11.4 Å². The molecule has 3 heterocycles. The Labute approximate surface area is 298 Å². The number of carbonyl (C=O) groups excluding carboxylic acids is 4. The molecule has 2 fully saturated rings. The summed E-state index contributed by atoms with van der Waals surface area (Å²) in [7, 11) is 0. The summed E-state index contributed by atoms with van der Waals surface area (Å²) in [5.41, 5.74) is 5.94. The zero-order chi connectivity index (χ0) is 36.9. The van der Waals surface area contributed by atoms with Crippen molar-refractivity contribution in [3.05, 3.63) is 52.1 Å². The third-order valence-electron chi connectivity index (χ3n) is 9.82. The molecule has 5 amide bonds. The molecule has 2 aromatic rings. The number of fused-ring (bicyclic) bond motifs is 1. The van der Waals surface area contributed by atoms with Crippen LogP contribution in [0.15, 0.2) is 35.3 Å². The number of anilines is 1. The fraction of sp³-hybridized carbons (Fsp3) is 0.611. The minimum absolute atomic E-state index is 0.139. The Morgan fingerprint density at radius 2 is 1.59 bits per heavy atom. The quantitative estimate of drug-likeness (QED) is 0.371. The topological polar surface area (TPSA) is 181 Å². The molecule has 2 aliphatic heterocycles. The second-order valence-corrected chi connectivity index (χ2v) is 15.2. The molecule has 4 N–H and O–H groups in total. The first kappa shape index (κ1) is 37.6. The summed E-state index contributed by atoms with van der Waals surface area (Å²) in [6.07, 6.45) is 6.39. The summed E-state index contributed by atoms with van der Waals surface area (Å²) >= 11 is 0. The molecule has 0 saturated carbocycles. The van der Waals surface area contributed by atoms with E-state index in [0.717, 1.165) is 57.3 Å². The first-order valence-corrected chi connectivity index (χ1v) is 17.8. The van der Waals surface area contributed by atoms with Crippen LogP contribution in [-0.4, -0.2) is 111 Å². The predicted octanol–water partition coefficient (Wildman–Crippen LogP) is 3.27. The molecule has 0 spiro atoms. The van der Waals surface area contributed by atoms with Crippen molar-refractivity contribution < 1.29 is 28.7 Å². The van der Waals surface area contributed by atoms with Crippen LogP contribution >= 0.6 is 0 Å². The molecule has 0 radical (unpaired) electrons. The number of primary amides is 1. The summed E-state index contributed by atoms with van der Waals surface area (Å²) in [6.45, 7) is 12.3. The van der Waals surface area contributed by atoms with Gasteiger partial charge in [-0.05, 0) is 121 Å². The van der Waals surface area contributed by atoms with Crippen molar-refractivity contribution >= 4 is 29.9 Å². The predicted molar refractivity (Wildman–Crippen MR) is 191 cm³/mol. The summed E-state index contributed by atoms with van der Waals surface area (Å²) in [6, 6.07) is 7.77. The fourth-order valence-electron chi connectivity index (χ4n) is 7.13. The SMILES string of the molecule is CC(C)(C)OC(=O)NCCC1CCN(C2CCc3cc(-n4ccc(NC(=O)N5CCN(C(=O)C(C)(C)OC(N)=O)CC5)nc4=O)ccc3C2)CC1. The molecule has 1 aromatic heterocycles. The average molecular weight is 709 g/mol. The average Bonchev–Trinajstić information content (AvgIpc) is 3.06. The number of rotatable bonds is 8. The van der Waals surface area contributed by atoms with Crippen LogP contribution in [0.2, 0.25) is 0 Å². The summed E-state index contributed by atoms with van der Waals surface area (Å²) in [5, 5.41) is 5.57. The number of ether oxygens (including phenoxy) is 2. The van der Waals surface area contributed by atoms with Crippen molar-refractivity contribution in [1.82, 2.24) is 29.6 Å². The molecule has 3 aliphatic rings. The highest BCUT2D eigenvalue weighted by molar-refractivity contribution is 5.89. The number of nitrogens with zero attached hydrogens (tertiary/aromatic N) is 5. The maximum atomic E-state index is 13.1. The van der Waals surface area contributed by atoms with Crippen molar-refractivity contribution in [1.29, 1.82) is 0 Å². The summed E-state index contributed by atoms with van der Waals surface area (Å²) in [4.78, 5) is 71.6. The lowest BCUT2D eigenvalue weighted by atomic mass is 9.85. The Hall–Kier alpha value is -4.66. The molecular weight excluding hydrogens is 656 g/mol. The van der Waals surface area contributed by atoms with Crippen LogP contribution in [0.25, 0.3) is 5.69 Å². The van der Waals surface area contributed by atoms with Gasteiger partial charge in [-0.15, -0.1) is 0 Å². The van der Waals surface area contributed by atoms with Gasteiger partial charge in [0.25, 0.3) is 5.91 Å². The van der Waals surface area contributed by atoms with Crippen LogP contribution in [0, 0.1) is 5.92 Å². The molecular formula is C36H52N8O7. The number of amides is 5. The van der Waals surface area contributed by atoms with Crippen molar-refractivity contribution in [2.45, 2.75) is 90.4 Å². The van der Waals surface area contributed by atoms with E-state index in [4.69, 9.17) is 15.2 Å². The van der Waals surface area contributed by atoms with Crippen LogP contribution in [0.1, 0.15) is 71.4 Å². The second-order valence-electron chi connectivity index (χ2n) is 15.2. The van der Waals surface area contributed by atoms with Gasteiger partial charge in [0, 0.05) is 45.0 Å². The minimum Gasteiger partial charge on any atom is -0.444 e. The second kappa shape index (κ2) is 15.7. The number of piperazine rings is 1. The number of hydrogen-bond donors (Lipinski definition) is 3. The van der Waals surface area contributed by atoms with Crippen LogP contribution in [-0.2, 0) is 27.1 Å². The largest absolute Gasteiger partial charge is 0.444 e. The molecule has 15 heteroatoms. The number of nitrogens with one attached hydrogen (secondary N) is 2. The zero-order valence-corrected chi connectivity index (χ0v) is 30.4. The number of nitrogens with two attached hydrogens (primary N) is 1. The van der Waals surface area contributed by atoms with Crippen LogP contribution in [0.3, 0.4) is 0 Å². The van der Waals surface area contributed by atoms with Gasteiger partial charge < -0.3 is 35.2 Å². The molecule has 0 bridgehead atoms. The monoisotopic (exact) mass is 708 g/mol. The van der Waals surface area contributed by atoms with Gasteiger partial charge >= 0.3 is 23.9 Å². The Morgan fingerprint density at radius 1 is 0.902 bits per heavy atom. The molecule has 1 aliphatic carbocycles.